The largest absolute Gasteiger partial charge is 0.493 e. The Morgan fingerprint density at radius 3 is 2.02 bits per heavy atom. The van der Waals surface area contributed by atoms with E-state index in [1.54, 1.807) is 22.7 Å². The molecule has 0 radical (unpaired) electrons. The highest BCUT2D eigenvalue weighted by Crippen LogP contribution is 2.49. The molecule has 2 nitrogen and oxygen atoms in total. The normalized spacial score (nSPS) is 11.2. The van der Waals surface area contributed by atoms with Gasteiger partial charge in [-0.1, -0.05) is 115 Å². The molecule has 4 heteroatoms. The van der Waals surface area contributed by atoms with Crippen LogP contribution in [0.3, 0.4) is 0 Å². The van der Waals surface area contributed by atoms with Gasteiger partial charge >= 0.3 is 0 Å². The Hall–Kier alpha value is -3.26. The van der Waals surface area contributed by atoms with Crippen molar-refractivity contribution in [3.63, 3.8) is 0 Å². The summed E-state index contributed by atoms with van der Waals surface area (Å²) in [4.78, 5) is 2.30. The first-order valence-electron chi connectivity index (χ1n) is 16.6. The van der Waals surface area contributed by atoms with Crippen molar-refractivity contribution >= 4 is 50.3 Å². The van der Waals surface area contributed by atoms with Gasteiger partial charge in [-0.3, -0.25) is 0 Å². The minimum absolute atomic E-state index is 0.745. The maximum absolute atomic E-state index is 6.51. The predicted octanol–water partition coefficient (Wildman–Crippen LogP) is 12.7. The minimum atomic E-state index is 0.745. The van der Waals surface area contributed by atoms with Crippen molar-refractivity contribution in [3.05, 3.63) is 75.8 Å². The van der Waals surface area contributed by atoms with E-state index >= 15 is 0 Å². The third kappa shape index (κ3) is 8.06. The zero-order valence-corrected chi connectivity index (χ0v) is 28.1. The molecule has 230 valence electrons. The van der Waals surface area contributed by atoms with E-state index in [4.69, 9.17) is 9.47 Å². The van der Waals surface area contributed by atoms with Crippen molar-refractivity contribution in [2.75, 3.05) is 13.2 Å². The summed E-state index contributed by atoms with van der Waals surface area (Å²) < 4.78 is 12.9. The summed E-state index contributed by atoms with van der Waals surface area (Å²) in [6, 6.07) is 15.0. The van der Waals surface area contributed by atoms with E-state index in [1.165, 1.54) is 79.9 Å². The van der Waals surface area contributed by atoms with Crippen LogP contribution < -0.4 is 9.47 Å². The summed E-state index contributed by atoms with van der Waals surface area (Å²) >= 11 is 3.46. The number of ether oxygens (including phenoxy) is 2. The van der Waals surface area contributed by atoms with Gasteiger partial charge in [-0.25, -0.2) is 0 Å². The molecular weight excluding hydrogens is 577 g/mol. The fraction of sp³-hybridized carbons (Fsp3) is 0.400. The summed E-state index contributed by atoms with van der Waals surface area (Å²) in [6.07, 6.45) is 17.0. The molecule has 6 aromatic rings. The fourth-order valence-electron chi connectivity index (χ4n) is 5.82. The van der Waals surface area contributed by atoms with Crippen LogP contribution in [0.5, 0.6) is 11.5 Å². The Bertz CT molecular complexity index is 1660. The Morgan fingerprint density at radius 2 is 1.36 bits per heavy atom. The minimum Gasteiger partial charge on any atom is -0.493 e. The molecule has 6 rings (SSSR count). The lowest BCUT2D eigenvalue weighted by Crippen LogP contribution is -2.02. The van der Waals surface area contributed by atoms with Crippen LogP contribution in [0.2, 0.25) is 0 Å². The summed E-state index contributed by atoms with van der Waals surface area (Å²) in [7, 11) is 0. The average molecular weight is 623 g/mol. The van der Waals surface area contributed by atoms with E-state index < -0.39 is 0 Å². The molecule has 0 N–H and O–H groups in total. The lowest BCUT2D eigenvalue weighted by Gasteiger charge is -2.18. The van der Waals surface area contributed by atoms with Crippen LogP contribution in [-0.2, 0) is 0 Å². The molecule has 0 saturated heterocycles. The molecule has 2 bridgehead atoms. The molecule has 0 aliphatic rings. The van der Waals surface area contributed by atoms with E-state index in [0.717, 1.165) is 69.9 Å². The highest BCUT2D eigenvalue weighted by Gasteiger charge is 2.21. The number of hydrogen-bond acceptors (Lipinski definition) is 4. The molecule has 2 heterocycles. The van der Waals surface area contributed by atoms with Crippen LogP contribution in [-0.4, -0.2) is 13.2 Å². The molecule has 0 atom stereocenters. The van der Waals surface area contributed by atoms with E-state index in [1.807, 2.05) is 12.1 Å². The molecule has 0 fully saturated rings. The molecule has 0 spiro atoms. The van der Waals surface area contributed by atoms with E-state index in [0.29, 0.717) is 0 Å². The third-order valence-electron chi connectivity index (χ3n) is 8.31. The molecule has 0 unspecified atom stereocenters. The van der Waals surface area contributed by atoms with Gasteiger partial charge in [-0.2, -0.15) is 0 Å². The number of fused-ring (bicyclic) bond motifs is 2. The molecule has 0 aliphatic carbocycles. The second kappa shape index (κ2) is 16.7. The van der Waals surface area contributed by atoms with Crippen molar-refractivity contribution in [1.82, 2.24) is 0 Å². The first-order valence-corrected chi connectivity index (χ1v) is 18.4. The summed E-state index contributed by atoms with van der Waals surface area (Å²) in [5.74, 6) is 8.80. The second-order valence-electron chi connectivity index (χ2n) is 11.7. The summed E-state index contributed by atoms with van der Waals surface area (Å²) in [6.45, 7) is 10.1. The standard InChI is InChI=1S/C40H46O2S2/c1-4-7-9-11-13-15-23-41-37-28-35-38(42-24-16-14-12-10-8-5-2)27-34(37)36-29-44-40(39(35)36)33-26-30(6-3)19-20-31(33)21-22-32-18-17-25-43-32/h6,17-20,25-29H,3-5,7-16,23-24H2,1-2H3. The number of rotatable bonds is 18. The predicted molar refractivity (Wildman–Crippen MR) is 194 cm³/mol. The van der Waals surface area contributed by atoms with Crippen molar-refractivity contribution in [1.29, 1.82) is 0 Å². The lowest BCUT2D eigenvalue weighted by molar-refractivity contribution is 0.301. The summed E-state index contributed by atoms with van der Waals surface area (Å²) in [5, 5.41) is 9.14. The molecule has 4 aromatic carbocycles. The van der Waals surface area contributed by atoms with Crippen molar-refractivity contribution in [2.45, 2.75) is 90.9 Å². The topological polar surface area (TPSA) is 18.5 Å². The van der Waals surface area contributed by atoms with Gasteiger partial charge in [0.25, 0.3) is 0 Å². The lowest BCUT2D eigenvalue weighted by atomic mass is 9.95. The smallest absolute Gasteiger partial charge is 0.128 e. The number of benzene rings is 4. The summed E-state index contributed by atoms with van der Waals surface area (Å²) in [5.41, 5.74) is 3.27. The maximum Gasteiger partial charge on any atom is 0.128 e. The van der Waals surface area contributed by atoms with Gasteiger partial charge in [0.2, 0.25) is 0 Å². The van der Waals surface area contributed by atoms with Crippen molar-refractivity contribution < 1.29 is 9.47 Å². The van der Waals surface area contributed by atoms with Gasteiger partial charge in [-0.15, -0.1) is 22.7 Å². The highest BCUT2D eigenvalue weighted by molar-refractivity contribution is 7.15. The van der Waals surface area contributed by atoms with Crippen LogP contribution in [0.1, 0.15) is 107 Å². The van der Waals surface area contributed by atoms with Gasteiger partial charge in [0.05, 0.1) is 18.1 Å². The quantitative estimate of drug-likeness (QED) is 0.0715. The molecule has 44 heavy (non-hydrogen) atoms. The van der Waals surface area contributed by atoms with E-state index in [9.17, 15) is 0 Å². The van der Waals surface area contributed by atoms with Gasteiger partial charge in [0.15, 0.2) is 0 Å². The SMILES string of the molecule is C=Cc1ccc(C#Cc2cccs2)c(-c2scc3c4cc(OCCCCCCCC)c(cc4OCCCCCCCC)c23)c1. The van der Waals surface area contributed by atoms with Crippen LogP contribution >= 0.6 is 22.7 Å². The van der Waals surface area contributed by atoms with Crippen molar-refractivity contribution in [2.24, 2.45) is 0 Å². The number of unbranched alkanes of at least 4 members (excludes halogenated alkanes) is 10. The Kier molecular flexibility index (Phi) is 12.2. The number of hydrogen-bond donors (Lipinski definition) is 0. The molecule has 0 aliphatic heterocycles. The average Bonchev–Trinajstić information content (AvgIpc) is 3.75. The van der Waals surface area contributed by atoms with Crippen LogP contribution in [0, 0.1) is 11.8 Å². The van der Waals surface area contributed by atoms with Crippen molar-refractivity contribution in [3.8, 4) is 33.8 Å². The number of thiophene rings is 2. The Morgan fingerprint density at radius 1 is 0.705 bits per heavy atom. The second-order valence-corrected chi connectivity index (χ2v) is 13.5. The monoisotopic (exact) mass is 622 g/mol. The molecule has 0 amide bonds. The highest BCUT2D eigenvalue weighted by atomic mass is 32.1. The third-order valence-corrected chi connectivity index (χ3v) is 10.1. The fourth-order valence-corrected chi connectivity index (χ4v) is 7.50. The molecule has 0 saturated carbocycles. The van der Waals surface area contributed by atoms with E-state index in [2.05, 4.69) is 79.4 Å². The van der Waals surface area contributed by atoms with E-state index in [-0.39, 0.29) is 0 Å². The Labute approximate surface area is 272 Å². The van der Waals surface area contributed by atoms with Crippen LogP contribution in [0.15, 0.2) is 59.8 Å². The molecule has 2 aromatic heterocycles. The van der Waals surface area contributed by atoms with Gasteiger partial charge in [0, 0.05) is 37.5 Å². The van der Waals surface area contributed by atoms with Gasteiger partial charge in [-0.05, 0) is 59.5 Å². The van der Waals surface area contributed by atoms with Gasteiger partial charge in [0.1, 0.15) is 11.5 Å². The zero-order valence-electron chi connectivity index (χ0n) is 26.5. The first-order chi connectivity index (χ1) is 21.7. The zero-order chi connectivity index (χ0) is 30.6. The van der Waals surface area contributed by atoms with Crippen LogP contribution in [0.4, 0.5) is 0 Å². The van der Waals surface area contributed by atoms with Gasteiger partial charge < -0.3 is 9.47 Å². The molecular formula is C40H46O2S2. The van der Waals surface area contributed by atoms with Crippen LogP contribution in [0.25, 0.3) is 38.1 Å². The Balaban J connectivity index is 1.46. The first kappa shape index (κ1) is 32.1. The maximum atomic E-state index is 6.51.